The molecule has 7 heteroatoms. The lowest BCUT2D eigenvalue weighted by Gasteiger charge is -2.15. The molecule has 0 unspecified atom stereocenters. The number of ether oxygens (including phenoxy) is 2. The summed E-state index contributed by atoms with van der Waals surface area (Å²) >= 11 is 3.47. The Kier molecular flexibility index (Phi) is 8.22. The maximum atomic E-state index is 13.4. The van der Waals surface area contributed by atoms with Crippen molar-refractivity contribution < 1.29 is 18.7 Å². The fourth-order valence-electron chi connectivity index (χ4n) is 3.01. The zero-order chi connectivity index (χ0) is 23.8. The number of hydrogen-bond acceptors (Lipinski definition) is 4. The second kappa shape index (κ2) is 11.3. The lowest BCUT2D eigenvalue weighted by molar-refractivity contribution is -0.112. The first-order valence-corrected chi connectivity index (χ1v) is 11.0. The summed E-state index contributed by atoms with van der Waals surface area (Å²) in [5.41, 5.74) is 2.87. The molecule has 0 aliphatic heterocycles. The SMILES string of the molecule is CCOc1cc(/C=C(\C#N)C(=O)Nc2ccc(C)cc2)cc(Br)c1OCc1cccc(F)c1. The van der Waals surface area contributed by atoms with Crippen molar-refractivity contribution in [2.24, 2.45) is 0 Å². The van der Waals surface area contributed by atoms with Crippen molar-refractivity contribution in [2.75, 3.05) is 11.9 Å². The molecular formula is C26H22BrFN2O3. The van der Waals surface area contributed by atoms with Gasteiger partial charge in [0.05, 0.1) is 11.1 Å². The predicted octanol–water partition coefficient (Wildman–Crippen LogP) is 6.42. The molecule has 0 fully saturated rings. The highest BCUT2D eigenvalue weighted by molar-refractivity contribution is 9.10. The van der Waals surface area contributed by atoms with Gasteiger partial charge in [0.25, 0.3) is 5.91 Å². The molecule has 0 heterocycles. The molecule has 168 valence electrons. The van der Waals surface area contributed by atoms with E-state index in [1.54, 1.807) is 36.4 Å². The summed E-state index contributed by atoms with van der Waals surface area (Å²) < 4.78 is 25.6. The number of benzene rings is 3. The first-order valence-electron chi connectivity index (χ1n) is 10.2. The number of aryl methyl sites for hydroxylation is 1. The molecule has 0 spiro atoms. The smallest absolute Gasteiger partial charge is 0.266 e. The summed E-state index contributed by atoms with van der Waals surface area (Å²) in [7, 11) is 0. The van der Waals surface area contributed by atoms with Crippen LogP contribution < -0.4 is 14.8 Å². The van der Waals surface area contributed by atoms with E-state index < -0.39 is 5.91 Å². The van der Waals surface area contributed by atoms with Crippen LogP contribution in [0.4, 0.5) is 10.1 Å². The van der Waals surface area contributed by atoms with E-state index in [4.69, 9.17) is 9.47 Å². The molecule has 0 aliphatic carbocycles. The molecule has 0 radical (unpaired) electrons. The van der Waals surface area contributed by atoms with Gasteiger partial charge in [-0.25, -0.2) is 4.39 Å². The van der Waals surface area contributed by atoms with Crippen LogP contribution in [-0.4, -0.2) is 12.5 Å². The van der Waals surface area contributed by atoms with Gasteiger partial charge in [0, 0.05) is 5.69 Å². The quantitative estimate of drug-likeness (QED) is 0.281. The van der Waals surface area contributed by atoms with Gasteiger partial charge in [-0.15, -0.1) is 0 Å². The molecule has 3 aromatic rings. The first kappa shape index (κ1) is 24.0. The van der Waals surface area contributed by atoms with Gasteiger partial charge in [0.2, 0.25) is 0 Å². The van der Waals surface area contributed by atoms with Crippen molar-refractivity contribution >= 4 is 33.6 Å². The average Bonchev–Trinajstić information content (AvgIpc) is 2.78. The Morgan fingerprint density at radius 3 is 2.58 bits per heavy atom. The maximum absolute atomic E-state index is 13.4. The van der Waals surface area contributed by atoms with Crippen LogP contribution in [0.15, 0.2) is 70.7 Å². The van der Waals surface area contributed by atoms with Gasteiger partial charge in [-0.05, 0) is 83.4 Å². The van der Waals surface area contributed by atoms with Crippen LogP contribution >= 0.6 is 15.9 Å². The third-order valence-electron chi connectivity index (χ3n) is 4.59. The van der Waals surface area contributed by atoms with Crippen molar-refractivity contribution in [2.45, 2.75) is 20.5 Å². The molecule has 3 aromatic carbocycles. The van der Waals surface area contributed by atoms with Crippen molar-refractivity contribution in [3.05, 3.63) is 93.2 Å². The Morgan fingerprint density at radius 1 is 1.15 bits per heavy atom. The van der Waals surface area contributed by atoms with Crippen LogP contribution in [0.5, 0.6) is 11.5 Å². The third-order valence-corrected chi connectivity index (χ3v) is 5.18. The highest BCUT2D eigenvalue weighted by atomic mass is 79.9. The van der Waals surface area contributed by atoms with E-state index in [-0.39, 0.29) is 18.0 Å². The topological polar surface area (TPSA) is 71.3 Å². The van der Waals surface area contributed by atoms with Crippen molar-refractivity contribution in [3.63, 3.8) is 0 Å². The number of hydrogen-bond donors (Lipinski definition) is 1. The second-order valence-electron chi connectivity index (χ2n) is 7.17. The van der Waals surface area contributed by atoms with Crippen LogP contribution in [0, 0.1) is 24.1 Å². The Labute approximate surface area is 200 Å². The van der Waals surface area contributed by atoms with E-state index in [0.717, 1.165) is 5.56 Å². The minimum Gasteiger partial charge on any atom is -0.490 e. The summed E-state index contributed by atoms with van der Waals surface area (Å²) in [5, 5.41) is 12.3. The minimum absolute atomic E-state index is 0.0571. The number of nitrogens with one attached hydrogen (secondary N) is 1. The molecule has 3 rings (SSSR count). The van der Waals surface area contributed by atoms with Gasteiger partial charge in [-0.2, -0.15) is 5.26 Å². The van der Waals surface area contributed by atoms with Gasteiger partial charge in [0.1, 0.15) is 24.1 Å². The standard InChI is InChI=1S/C26H22BrFN2O3/c1-3-32-24-14-19(11-20(15-29)26(31)30-22-9-7-17(2)8-10-22)13-23(27)25(24)33-16-18-5-4-6-21(28)12-18/h4-14H,3,16H2,1-2H3,(H,30,31)/b20-11+. The summed E-state index contributed by atoms with van der Waals surface area (Å²) in [4.78, 5) is 12.6. The number of amides is 1. The summed E-state index contributed by atoms with van der Waals surface area (Å²) in [6.07, 6.45) is 1.48. The molecule has 1 N–H and O–H groups in total. The van der Waals surface area contributed by atoms with Gasteiger partial charge in [-0.3, -0.25) is 4.79 Å². The normalized spacial score (nSPS) is 10.9. The molecule has 5 nitrogen and oxygen atoms in total. The molecule has 1 amide bonds. The van der Waals surface area contributed by atoms with Crippen molar-refractivity contribution in [3.8, 4) is 17.6 Å². The minimum atomic E-state index is -0.512. The van der Waals surface area contributed by atoms with E-state index in [9.17, 15) is 14.4 Å². The van der Waals surface area contributed by atoms with E-state index >= 15 is 0 Å². The van der Waals surface area contributed by atoms with Gasteiger partial charge >= 0.3 is 0 Å². The highest BCUT2D eigenvalue weighted by Gasteiger charge is 2.15. The second-order valence-corrected chi connectivity index (χ2v) is 8.03. The number of carbonyl (C=O) groups is 1. The Balaban J connectivity index is 1.84. The van der Waals surface area contributed by atoms with Gasteiger partial charge < -0.3 is 14.8 Å². The van der Waals surface area contributed by atoms with Crippen molar-refractivity contribution in [1.29, 1.82) is 5.26 Å². The van der Waals surface area contributed by atoms with Crippen LogP contribution in [0.1, 0.15) is 23.6 Å². The van der Waals surface area contributed by atoms with Gasteiger partial charge in [0.15, 0.2) is 11.5 Å². The molecule has 0 aliphatic rings. The van der Waals surface area contributed by atoms with Gasteiger partial charge in [-0.1, -0.05) is 29.8 Å². The van der Waals surface area contributed by atoms with E-state index in [0.29, 0.717) is 39.4 Å². The maximum Gasteiger partial charge on any atom is 0.266 e. The summed E-state index contributed by atoms with van der Waals surface area (Å²) in [5.74, 6) is 0.0298. The molecular weight excluding hydrogens is 487 g/mol. The van der Waals surface area contributed by atoms with E-state index in [2.05, 4.69) is 21.2 Å². The lowest BCUT2D eigenvalue weighted by Crippen LogP contribution is -2.13. The molecule has 0 atom stereocenters. The fraction of sp³-hybridized carbons (Fsp3) is 0.154. The zero-order valence-corrected chi connectivity index (χ0v) is 19.8. The average molecular weight is 509 g/mol. The monoisotopic (exact) mass is 508 g/mol. The Hall–Kier alpha value is -3.63. The number of anilines is 1. The number of nitriles is 1. The summed E-state index contributed by atoms with van der Waals surface area (Å²) in [6.45, 7) is 4.32. The molecule has 0 bridgehead atoms. The number of carbonyl (C=O) groups excluding carboxylic acids is 1. The Bertz CT molecular complexity index is 1220. The van der Waals surface area contributed by atoms with Crippen LogP contribution in [-0.2, 0) is 11.4 Å². The number of nitrogens with zero attached hydrogens (tertiary/aromatic N) is 1. The van der Waals surface area contributed by atoms with Crippen LogP contribution in [0.2, 0.25) is 0 Å². The highest BCUT2D eigenvalue weighted by Crippen LogP contribution is 2.38. The molecule has 0 aromatic heterocycles. The molecule has 0 saturated heterocycles. The zero-order valence-electron chi connectivity index (χ0n) is 18.2. The van der Waals surface area contributed by atoms with E-state index in [1.165, 1.54) is 18.2 Å². The lowest BCUT2D eigenvalue weighted by atomic mass is 10.1. The fourth-order valence-corrected chi connectivity index (χ4v) is 3.58. The predicted molar refractivity (Wildman–Crippen MR) is 129 cm³/mol. The third kappa shape index (κ3) is 6.67. The van der Waals surface area contributed by atoms with Crippen LogP contribution in [0.3, 0.4) is 0 Å². The van der Waals surface area contributed by atoms with Crippen LogP contribution in [0.25, 0.3) is 6.08 Å². The molecule has 33 heavy (non-hydrogen) atoms. The van der Waals surface area contributed by atoms with Crippen molar-refractivity contribution in [1.82, 2.24) is 0 Å². The first-order chi connectivity index (χ1) is 15.9. The Morgan fingerprint density at radius 2 is 1.91 bits per heavy atom. The van der Waals surface area contributed by atoms with E-state index in [1.807, 2.05) is 32.0 Å². The largest absolute Gasteiger partial charge is 0.490 e. The number of halogens is 2. The molecule has 0 saturated carbocycles. The summed E-state index contributed by atoms with van der Waals surface area (Å²) in [6, 6.07) is 18.8. The number of rotatable bonds is 8.